The molecule has 1 amide bonds. The van der Waals surface area contributed by atoms with E-state index in [4.69, 9.17) is 0 Å². The molecule has 1 aliphatic heterocycles. The Hall–Kier alpha value is -3.34. The molecule has 124 valence electrons. The summed E-state index contributed by atoms with van der Waals surface area (Å²) in [5, 5.41) is 14.4. The fourth-order valence-corrected chi connectivity index (χ4v) is 3.07. The molecule has 1 heterocycles. The number of carbonyl (C=O) groups excluding carboxylic acids is 1. The quantitative estimate of drug-likeness (QED) is 0.532. The number of phenolic OH excluding ortho intramolecular Hbond substituents is 1. The maximum absolute atomic E-state index is 11.6. The molecule has 2 aromatic rings. The van der Waals surface area contributed by atoms with Gasteiger partial charge in [-0.25, -0.2) is 4.98 Å². The molecule has 5 heteroatoms. The third-order valence-electron chi connectivity index (χ3n) is 4.16. The Labute approximate surface area is 144 Å². The van der Waals surface area contributed by atoms with Gasteiger partial charge in [-0.15, -0.1) is 0 Å². The van der Waals surface area contributed by atoms with Crippen LogP contribution < -0.4 is 5.32 Å². The van der Waals surface area contributed by atoms with Crippen molar-refractivity contribution >= 4 is 22.5 Å². The Kier molecular flexibility index (Phi) is 3.61. The average Bonchev–Trinajstić information content (AvgIpc) is 2.92. The summed E-state index contributed by atoms with van der Waals surface area (Å²) in [6.07, 6.45) is 0.629. The van der Waals surface area contributed by atoms with Gasteiger partial charge < -0.3 is 15.4 Å². The molecule has 2 aromatic carbocycles. The number of phenols is 1. The smallest absolute Gasteiger partial charge is 0.222 e. The summed E-state index contributed by atoms with van der Waals surface area (Å²) >= 11 is 0. The Morgan fingerprint density at radius 2 is 1.96 bits per heavy atom. The lowest BCUT2D eigenvalue weighted by Gasteiger charge is -2.13. The fourth-order valence-electron chi connectivity index (χ4n) is 3.07. The summed E-state index contributed by atoms with van der Waals surface area (Å²) in [7, 11) is 0. The summed E-state index contributed by atoms with van der Waals surface area (Å²) in [6.45, 7) is 1.47. The van der Waals surface area contributed by atoms with Gasteiger partial charge in [0.05, 0.1) is 17.1 Å². The maximum Gasteiger partial charge on any atom is 0.222 e. The second-order valence-electron chi connectivity index (χ2n) is 6.08. The van der Waals surface area contributed by atoms with Crippen molar-refractivity contribution in [3.8, 4) is 17.1 Å². The molecular weight excluding hydrogens is 314 g/mol. The van der Waals surface area contributed by atoms with E-state index in [-0.39, 0.29) is 11.7 Å². The molecular formula is C20H17N3O2. The van der Waals surface area contributed by atoms with Crippen LogP contribution in [0.2, 0.25) is 0 Å². The Morgan fingerprint density at radius 3 is 2.72 bits per heavy atom. The minimum Gasteiger partial charge on any atom is -0.508 e. The summed E-state index contributed by atoms with van der Waals surface area (Å²) in [5.74, 6) is 0.584. The van der Waals surface area contributed by atoms with Crippen molar-refractivity contribution < 1.29 is 9.90 Å². The number of nitrogens with zero attached hydrogens (tertiary/aromatic N) is 1. The first-order chi connectivity index (χ1) is 12.1. The number of carbonyl (C=O) groups is 1. The van der Waals surface area contributed by atoms with Crippen molar-refractivity contribution in [2.45, 2.75) is 13.3 Å². The number of aromatic hydroxyl groups is 1. The molecule has 0 spiro atoms. The van der Waals surface area contributed by atoms with Gasteiger partial charge in [0.15, 0.2) is 5.82 Å². The highest BCUT2D eigenvalue weighted by molar-refractivity contribution is 6.01. The van der Waals surface area contributed by atoms with Gasteiger partial charge >= 0.3 is 0 Å². The second kappa shape index (κ2) is 5.94. The lowest BCUT2D eigenvalue weighted by molar-refractivity contribution is -0.114. The molecule has 0 saturated carbocycles. The van der Waals surface area contributed by atoms with E-state index in [0.29, 0.717) is 12.2 Å². The molecule has 0 saturated heterocycles. The van der Waals surface area contributed by atoms with Crippen LogP contribution in [0.15, 0.2) is 54.6 Å². The zero-order valence-electron chi connectivity index (χ0n) is 13.7. The van der Waals surface area contributed by atoms with Crippen molar-refractivity contribution in [2.24, 2.45) is 0 Å². The summed E-state index contributed by atoms with van der Waals surface area (Å²) in [6, 6.07) is 17.2. The highest BCUT2D eigenvalue weighted by atomic mass is 16.3. The van der Waals surface area contributed by atoms with Crippen LogP contribution in [-0.2, 0) is 11.2 Å². The Bertz CT molecular complexity index is 1040. The van der Waals surface area contributed by atoms with Gasteiger partial charge in [-0.1, -0.05) is 30.3 Å². The highest BCUT2D eigenvalue weighted by Gasteiger charge is 2.17. The summed E-state index contributed by atoms with van der Waals surface area (Å²) in [5.41, 5.74) is 3.62. The van der Waals surface area contributed by atoms with Crippen molar-refractivity contribution in [2.75, 3.05) is 5.32 Å². The van der Waals surface area contributed by atoms with Gasteiger partial charge in [-0.2, -0.15) is 0 Å². The zero-order valence-corrected chi connectivity index (χ0v) is 13.7. The van der Waals surface area contributed by atoms with E-state index >= 15 is 0 Å². The van der Waals surface area contributed by atoms with Crippen molar-refractivity contribution in [1.82, 2.24) is 9.97 Å². The number of fused-ring (bicyclic) bond motifs is 3. The van der Waals surface area contributed by atoms with Crippen LogP contribution in [0.1, 0.15) is 18.2 Å². The lowest BCUT2D eigenvalue weighted by atomic mass is 10.1. The van der Waals surface area contributed by atoms with Crippen LogP contribution in [0.5, 0.6) is 5.75 Å². The lowest BCUT2D eigenvalue weighted by Crippen LogP contribution is -2.12. The molecule has 0 radical (unpaired) electrons. The van der Waals surface area contributed by atoms with Crippen LogP contribution in [-0.4, -0.2) is 21.0 Å². The normalized spacial score (nSPS) is 11.1. The van der Waals surface area contributed by atoms with Crippen molar-refractivity contribution in [3.63, 3.8) is 0 Å². The van der Waals surface area contributed by atoms with E-state index in [1.165, 1.54) is 6.92 Å². The van der Waals surface area contributed by atoms with Crippen molar-refractivity contribution in [3.05, 3.63) is 65.9 Å². The van der Waals surface area contributed by atoms with E-state index < -0.39 is 0 Å². The molecule has 0 fully saturated rings. The third-order valence-corrected chi connectivity index (χ3v) is 4.16. The number of benzene rings is 2. The molecule has 3 N–H and O–H groups in total. The van der Waals surface area contributed by atoms with Gasteiger partial charge in [-0.3, -0.25) is 4.79 Å². The average molecular weight is 331 g/mol. The van der Waals surface area contributed by atoms with E-state index in [1.807, 2.05) is 42.5 Å². The van der Waals surface area contributed by atoms with Gasteiger partial charge in [0.25, 0.3) is 0 Å². The third kappa shape index (κ3) is 2.92. The van der Waals surface area contributed by atoms with Crippen LogP contribution in [0.3, 0.4) is 0 Å². The second-order valence-corrected chi connectivity index (χ2v) is 6.08. The molecule has 2 aliphatic rings. The predicted octanol–water partition coefficient (Wildman–Crippen LogP) is 3.92. The molecule has 0 bridgehead atoms. The minimum absolute atomic E-state index is 0.164. The first-order valence-electron chi connectivity index (χ1n) is 8.06. The van der Waals surface area contributed by atoms with E-state index in [2.05, 4.69) is 15.3 Å². The van der Waals surface area contributed by atoms with Crippen LogP contribution in [0.4, 0.5) is 5.82 Å². The summed E-state index contributed by atoms with van der Waals surface area (Å²) < 4.78 is 0. The molecule has 5 nitrogen and oxygen atoms in total. The number of hydrogen-bond donors (Lipinski definition) is 3. The molecule has 0 atom stereocenters. The van der Waals surface area contributed by atoms with Gasteiger partial charge in [0.1, 0.15) is 5.75 Å². The summed E-state index contributed by atoms with van der Waals surface area (Å²) in [4.78, 5) is 19.6. The molecule has 0 aromatic heterocycles. The predicted molar refractivity (Wildman–Crippen MR) is 97.9 cm³/mol. The van der Waals surface area contributed by atoms with E-state index in [9.17, 15) is 9.90 Å². The number of anilines is 1. The molecule has 1 aliphatic carbocycles. The Balaban J connectivity index is 1.90. The van der Waals surface area contributed by atoms with E-state index in [0.717, 1.165) is 33.4 Å². The minimum atomic E-state index is -0.164. The molecule has 4 rings (SSSR count). The van der Waals surface area contributed by atoms with Crippen LogP contribution in [0.25, 0.3) is 22.2 Å². The zero-order chi connectivity index (χ0) is 17.4. The number of nitrogens with one attached hydrogen (secondary N) is 2. The number of aromatic nitrogens is 2. The number of H-pyrrole nitrogens is 1. The SMILES string of the molecule is CC(=O)Nc1nc2cc3cc(O)ccc3c-2[nH]c1Cc1ccccc1. The first kappa shape index (κ1) is 15.2. The monoisotopic (exact) mass is 331 g/mol. The first-order valence-corrected chi connectivity index (χ1v) is 8.06. The van der Waals surface area contributed by atoms with Crippen LogP contribution in [0, 0.1) is 0 Å². The number of hydrogen-bond acceptors (Lipinski definition) is 3. The van der Waals surface area contributed by atoms with Gasteiger partial charge in [0, 0.05) is 18.7 Å². The maximum atomic E-state index is 11.6. The fraction of sp³-hybridized carbons (Fsp3) is 0.100. The topological polar surface area (TPSA) is 78.0 Å². The number of amides is 1. The van der Waals surface area contributed by atoms with Crippen molar-refractivity contribution in [1.29, 1.82) is 0 Å². The molecule has 0 unspecified atom stereocenters. The number of aromatic amines is 1. The number of rotatable bonds is 3. The van der Waals surface area contributed by atoms with Crippen LogP contribution >= 0.6 is 0 Å². The van der Waals surface area contributed by atoms with Gasteiger partial charge in [-0.05, 0) is 35.2 Å². The Morgan fingerprint density at radius 1 is 1.16 bits per heavy atom. The molecule has 25 heavy (non-hydrogen) atoms. The van der Waals surface area contributed by atoms with E-state index in [1.54, 1.807) is 12.1 Å². The largest absolute Gasteiger partial charge is 0.508 e. The standard InChI is InChI=1S/C20H17N3O2/c1-12(24)21-20-18(9-13-5-3-2-4-6-13)22-19-16-8-7-15(25)10-14(16)11-17(19)23-20/h2-8,10-11,22,25H,9H2,1H3,(H,21,24). The van der Waals surface area contributed by atoms with Gasteiger partial charge in [0.2, 0.25) is 5.91 Å². The highest BCUT2D eigenvalue weighted by Crippen LogP contribution is 2.35.